The molecule has 0 unspecified atom stereocenters. The first-order valence-electron chi connectivity index (χ1n) is 10.0. The van der Waals surface area contributed by atoms with Crippen LogP contribution in [-0.2, 0) is 12.8 Å². The van der Waals surface area contributed by atoms with Gasteiger partial charge in [-0.2, -0.15) is 9.61 Å². The van der Waals surface area contributed by atoms with Crippen molar-refractivity contribution >= 4 is 5.65 Å². The van der Waals surface area contributed by atoms with E-state index >= 15 is 0 Å². The lowest BCUT2D eigenvalue weighted by Crippen LogP contribution is -2.16. The summed E-state index contributed by atoms with van der Waals surface area (Å²) in [6.45, 7) is 0. The van der Waals surface area contributed by atoms with Crippen molar-refractivity contribution in [3.63, 3.8) is 0 Å². The summed E-state index contributed by atoms with van der Waals surface area (Å²) in [6, 6.07) is 32.2. The maximum atomic E-state index is 12.9. The molecule has 146 valence electrons. The Hall–Kier alpha value is -3.92. The van der Waals surface area contributed by atoms with E-state index in [1.807, 2.05) is 54.6 Å². The van der Waals surface area contributed by atoms with Crippen LogP contribution >= 0.6 is 0 Å². The molecule has 5 aromatic rings. The number of benzene rings is 3. The van der Waals surface area contributed by atoms with Gasteiger partial charge in [0.15, 0.2) is 0 Å². The zero-order valence-corrected chi connectivity index (χ0v) is 16.5. The van der Waals surface area contributed by atoms with Crippen LogP contribution in [0.15, 0.2) is 102 Å². The zero-order valence-electron chi connectivity index (χ0n) is 16.5. The predicted molar refractivity (Wildman–Crippen MR) is 120 cm³/mol. The van der Waals surface area contributed by atoms with E-state index in [-0.39, 0.29) is 5.56 Å². The summed E-state index contributed by atoms with van der Waals surface area (Å²) in [6.07, 6.45) is 1.33. The normalized spacial score (nSPS) is 11.1. The van der Waals surface area contributed by atoms with Crippen LogP contribution in [0.4, 0.5) is 0 Å². The summed E-state index contributed by atoms with van der Waals surface area (Å²) in [5.41, 5.74) is 6.73. The number of aromatic amines is 1. The smallest absolute Gasteiger partial charge is 0.274 e. The van der Waals surface area contributed by atoms with E-state index in [2.05, 4.69) is 41.4 Å². The number of fused-ring (bicyclic) bond motifs is 1. The van der Waals surface area contributed by atoms with Gasteiger partial charge in [0.25, 0.3) is 5.56 Å². The van der Waals surface area contributed by atoms with Gasteiger partial charge in [-0.15, -0.1) is 0 Å². The van der Waals surface area contributed by atoms with Crippen molar-refractivity contribution in [3.05, 3.63) is 130 Å². The van der Waals surface area contributed by atoms with E-state index in [9.17, 15) is 4.79 Å². The van der Waals surface area contributed by atoms with Crippen LogP contribution in [0.1, 0.15) is 22.5 Å². The zero-order chi connectivity index (χ0) is 20.3. The number of nitrogens with zero attached hydrogens (tertiary/aromatic N) is 2. The lowest BCUT2D eigenvalue weighted by Gasteiger charge is -2.06. The number of aromatic nitrogens is 3. The maximum Gasteiger partial charge on any atom is 0.274 e. The number of hydrogen-bond acceptors (Lipinski definition) is 2. The Balaban J connectivity index is 1.68. The fraction of sp³-hybridized carbons (Fsp3) is 0.0769. The van der Waals surface area contributed by atoms with Crippen LogP contribution in [0.5, 0.6) is 0 Å². The molecule has 4 nitrogen and oxygen atoms in total. The first-order chi connectivity index (χ1) is 14.8. The minimum Gasteiger partial charge on any atom is -0.343 e. The second-order valence-electron chi connectivity index (χ2n) is 7.41. The molecular weight excluding hydrogens is 370 g/mol. The minimum atomic E-state index is -0.119. The molecule has 4 heteroatoms. The van der Waals surface area contributed by atoms with Gasteiger partial charge in [0, 0.05) is 30.2 Å². The molecule has 0 radical (unpaired) electrons. The number of H-pyrrole nitrogens is 1. The van der Waals surface area contributed by atoms with Crippen LogP contribution < -0.4 is 5.56 Å². The van der Waals surface area contributed by atoms with Gasteiger partial charge in [-0.25, -0.2) is 0 Å². The average molecular weight is 391 g/mol. The molecule has 0 amide bonds. The third-order valence-corrected chi connectivity index (χ3v) is 5.26. The Kier molecular flexibility index (Phi) is 4.74. The highest BCUT2D eigenvalue weighted by Gasteiger charge is 2.18. The van der Waals surface area contributed by atoms with Crippen LogP contribution in [-0.4, -0.2) is 14.6 Å². The molecule has 0 saturated heterocycles. The molecule has 2 aromatic heterocycles. The van der Waals surface area contributed by atoms with Gasteiger partial charge in [-0.1, -0.05) is 91.0 Å². The van der Waals surface area contributed by atoms with Crippen molar-refractivity contribution in [3.8, 4) is 11.1 Å². The highest BCUT2D eigenvalue weighted by molar-refractivity contribution is 5.80. The monoisotopic (exact) mass is 391 g/mol. The minimum absolute atomic E-state index is 0.119. The van der Waals surface area contributed by atoms with Crippen LogP contribution in [0.25, 0.3) is 16.8 Å². The molecule has 3 aromatic carbocycles. The molecule has 0 aliphatic carbocycles. The molecular formula is C26H21N3O. The second-order valence-corrected chi connectivity index (χ2v) is 7.41. The van der Waals surface area contributed by atoms with Gasteiger partial charge >= 0.3 is 0 Å². The van der Waals surface area contributed by atoms with Gasteiger partial charge in [0.05, 0.1) is 5.69 Å². The molecule has 0 fully saturated rings. The van der Waals surface area contributed by atoms with Crippen LogP contribution in [0.3, 0.4) is 0 Å². The summed E-state index contributed by atoms with van der Waals surface area (Å²) in [5, 5.41) is 4.70. The highest BCUT2D eigenvalue weighted by atomic mass is 16.1. The fourth-order valence-corrected chi connectivity index (χ4v) is 3.87. The summed E-state index contributed by atoms with van der Waals surface area (Å²) >= 11 is 0. The summed E-state index contributed by atoms with van der Waals surface area (Å²) in [4.78, 5) is 16.4. The Labute approximate surface area is 174 Å². The number of rotatable bonds is 5. The van der Waals surface area contributed by atoms with Crippen molar-refractivity contribution < 1.29 is 0 Å². The molecule has 0 aliphatic rings. The molecule has 0 saturated carbocycles. The summed E-state index contributed by atoms with van der Waals surface area (Å²) in [5.74, 6) is 0. The largest absolute Gasteiger partial charge is 0.343 e. The first-order valence-corrected chi connectivity index (χ1v) is 10.0. The number of nitrogens with one attached hydrogen (secondary N) is 1. The summed E-state index contributed by atoms with van der Waals surface area (Å²) in [7, 11) is 0. The van der Waals surface area contributed by atoms with Crippen LogP contribution in [0, 0.1) is 0 Å². The molecule has 0 bridgehead atoms. The standard InChI is InChI=1S/C26H21N3O/c30-24-18-22(16-19-10-4-1-5-11-19)27-26-25(21-14-8-3-9-15-21)23(28-29(24)26)17-20-12-6-2-7-13-20/h1-15,18,27H,16-17H2. The van der Waals surface area contributed by atoms with E-state index in [0.717, 1.165) is 39.3 Å². The van der Waals surface area contributed by atoms with E-state index in [0.29, 0.717) is 12.8 Å². The lowest BCUT2D eigenvalue weighted by molar-refractivity contribution is 0.853. The molecule has 0 aliphatic heterocycles. The fourth-order valence-electron chi connectivity index (χ4n) is 3.87. The van der Waals surface area contributed by atoms with Gasteiger partial charge in [0.1, 0.15) is 5.65 Å². The first kappa shape index (κ1) is 18.1. The second kappa shape index (κ2) is 7.84. The maximum absolute atomic E-state index is 12.9. The van der Waals surface area contributed by atoms with Gasteiger partial charge < -0.3 is 4.98 Å². The van der Waals surface area contributed by atoms with Crippen molar-refractivity contribution in [2.24, 2.45) is 0 Å². The quantitative estimate of drug-likeness (QED) is 0.465. The van der Waals surface area contributed by atoms with Gasteiger partial charge in [-0.3, -0.25) is 4.79 Å². The summed E-state index contributed by atoms with van der Waals surface area (Å²) < 4.78 is 1.50. The predicted octanol–water partition coefficient (Wildman–Crippen LogP) is 4.87. The van der Waals surface area contributed by atoms with Crippen molar-refractivity contribution in [2.75, 3.05) is 0 Å². The molecule has 2 heterocycles. The molecule has 30 heavy (non-hydrogen) atoms. The Morgan fingerprint density at radius 2 is 1.30 bits per heavy atom. The molecule has 5 rings (SSSR count). The van der Waals surface area contributed by atoms with Gasteiger partial charge in [0.2, 0.25) is 0 Å². The third kappa shape index (κ3) is 3.55. The van der Waals surface area contributed by atoms with E-state index in [1.54, 1.807) is 6.07 Å². The Morgan fingerprint density at radius 1 is 0.733 bits per heavy atom. The molecule has 0 atom stereocenters. The number of hydrogen-bond donors (Lipinski definition) is 1. The van der Waals surface area contributed by atoms with Crippen molar-refractivity contribution in [1.82, 2.24) is 14.6 Å². The topological polar surface area (TPSA) is 50.2 Å². The van der Waals surface area contributed by atoms with Crippen LogP contribution in [0.2, 0.25) is 0 Å². The Morgan fingerprint density at radius 3 is 1.93 bits per heavy atom. The third-order valence-electron chi connectivity index (χ3n) is 5.26. The van der Waals surface area contributed by atoms with Crippen molar-refractivity contribution in [1.29, 1.82) is 0 Å². The van der Waals surface area contributed by atoms with Gasteiger partial charge in [-0.05, 0) is 16.7 Å². The lowest BCUT2D eigenvalue weighted by atomic mass is 10.0. The SMILES string of the molecule is O=c1cc(Cc2ccccc2)[nH]c2c(-c3ccccc3)c(Cc3ccccc3)nn12. The van der Waals surface area contributed by atoms with E-state index in [1.165, 1.54) is 4.52 Å². The van der Waals surface area contributed by atoms with E-state index in [4.69, 9.17) is 5.10 Å². The van der Waals surface area contributed by atoms with E-state index < -0.39 is 0 Å². The molecule has 0 spiro atoms. The highest BCUT2D eigenvalue weighted by Crippen LogP contribution is 2.28. The van der Waals surface area contributed by atoms with Crippen molar-refractivity contribution in [2.45, 2.75) is 12.8 Å². The molecule has 1 N–H and O–H groups in total. The average Bonchev–Trinajstić information content (AvgIpc) is 3.14. The Bertz CT molecular complexity index is 1340.